The molecule has 0 bridgehead atoms. The summed E-state index contributed by atoms with van der Waals surface area (Å²) < 4.78 is 11.6. The Hall–Kier alpha value is -2.96. The zero-order valence-electron chi connectivity index (χ0n) is 17.8. The van der Waals surface area contributed by atoms with Gasteiger partial charge in [0.05, 0.1) is 18.6 Å². The molecule has 1 amide bonds. The topological polar surface area (TPSA) is 59.9 Å². The van der Waals surface area contributed by atoms with E-state index in [-0.39, 0.29) is 5.91 Å². The van der Waals surface area contributed by atoms with Gasteiger partial charge in [0.1, 0.15) is 6.61 Å². The number of benzene rings is 3. The summed E-state index contributed by atoms with van der Waals surface area (Å²) >= 11 is 7.39. The van der Waals surface area contributed by atoms with Crippen LogP contribution < -0.4 is 14.9 Å². The fourth-order valence-corrected chi connectivity index (χ4v) is 3.69. The summed E-state index contributed by atoms with van der Waals surface area (Å²) in [6, 6.07) is 23.1. The van der Waals surface area contributed by atoms with Crippen molar-refractivity contribution in [3.8, 4) is 11.5 Å². The van der Waals surface area contributed by atoms with Crippen LogP contribution in [0.1, 0.15) is 23.6 Å². The van der Waals surface area contributed by atoms with Crippen LogP contribution in [-0.2, 0) is 17.2 Å². The molecule has 0 saturated carbocycles. The fourth-order valence-electron chi connectivity index (χ4n) is 2.78. The number of hydrogen-bond acceptors (Lipinski definition) is 5. The van der Waals surface area contributed by atoms with Gasteiger partial charge in [-0.3, -0.25) is 4.79 Å². The molecule has 3 aromatic carbocycles. The predicted molar refractivity (Wildman–Crippen MR) is 132 cm³/mol. The maximum Gasteiger partial charge on any atom is 0.250 e. The lowest BCUT2D eigenvalue weighted by atomic mass is 10.2. The monoisotopic (exact) mass is 468 g/mol. The maximum absolute atomic E-state index is 12.0. The number of carbonyl (C=O) groups is 1. The standard InChI is InChI=1S/C25H25ClN2O3S/c1-2-30-24-14-21(10-13-23(24)31-16-19-6-4-3-5-7-19)15-27-28-25(29)18-32-17-20-8-11-22(26)12-9-20/h3-15H,2,16-18H2,1H3,(H,28,29)/b27-15-. The van der Waals surface area contributed by atoms with Gasteiger partial charge in [0, 0.05) is 10.8 Å². The van der Waals surface area contributed by atoms with Gasteiger partial charge in [0.2, 0.25) is 5.91 Å². The summed E-state index contributed by atoms with van der Waals surface area (Å²) in [5.41, 5.74) is 5.56. The number of ether oxygens (including phenoxy) is 2. The Kier molecular flexibility index (Phi) is 9.47. The van der Waals surface area contributed by atoms with Crippen LogP contribution in [0.4, 0.5) is 0 Å². The molecule has 0 fully saturated rings. The van der Waals surface area contributed by atoms with Crippen LogP contribution in [0.3, 0.4) is 0 Å². The third-order valence-electron chi connectivity index (χ3n) is 4.32. The van der Waals surface area contributed by atoms with Crippen molar-refractivity contribution in [1.29, 1.82) is 0 Å². The van der Waals surface area contributed by atoms with E-state index in [0.717, 1.165) is 22.4 Å². The summed E-state index contributed by atoms with van der Waals surface area (Å²) in [7, 11) is 0. The van der Waals surface area contributed by atoms with Crippen LogP contribution in [0.25, 0.3) is 0 Å². The number of thioether (sulfide) groups is 1. The first-order valence-electron chi connectivity index (χ1n) is 10.2. The minimum Gasteiger partial charge on any atom is -0.490 e. The lowest BCUT2D eigenvalue weighted by Crippen LogP contribution is -2.19. The molecule has 0 atom stereocenters. The SMILES string of the molecule is CCOc1cc(/C=N\NC(=O)CSCc2ccc(Cl)cc2)ccc1OCc1ccccc1. The van der Waals surface area contributed by atoms with Crippen molar-refractivity contribution in [3.63, 3.8) is 0 Å². The average Bonchev–Trinajstić information content (AvgIpc) is 2.81. The highest BCUT2D eigenvalue weighted by molar-refractivity contribution is 7.99. The van der Waals surface area contributed by atoms with Crippen LogP contribution in [-0.4, -0.2) is 24.5 Å². The van der Waals surface area contributed by atoms with Crippen LogP contribution in [0, 0.1) is 0 Å². The number of amides is 1. The van der Waals surface area contributed by atoms with Gasteiger partial charge in [-0.2, -0.15) is 5.10 Å². The van der Waals surface area contributed by atoms with E-state index in [1.54, 1.807) is 6.21 Å². The molecule has 0 spiro atoms. The Morgan fingerprint density at radius 1 is 1.00 bits per heavy atom. The van der Waals surface area contributed by atoms with Gasteiger partial charge in [-0.15, -0.1) is 11.8 Å². The summed E-state index contributed by atoms with van der Waals surface area (Å²) in [5, 5.41) is 4.75. The van der Waals surface area contributed by atoms with Crippen molar-refractivity contribution in [2.24, 2.45) is 5.10 Å². The van der Waals surface area contributed by atoms with Gasteiger partial charge in [-0.25, -0.2) is 5.43 Å². The number of halogens is 1. The Labute approximate surface area is 197 Å². The van der Waals surface area contributed by atoms with Crippen molar-refractivity contribution in [3.05, 3.63) is 94.5 Å². The molecule has 3 aromatic rings. The normalized spacial score (nSPS) is 10.8. The van der Waals surface area contributed by atoms with Gasteiger partial charge in [-0.05, 0) is 53.9 Å². The van der Waals surface area contributed by atoms with Gasteiger partial charge in [-0.1, -0.05) is 54.1 Å². The highest BCUT2D eigenvalue weighted by Gasteiger charge is 2.07. The molecule has 32 heavy (non-hydrogen) atoms. The van der Waals surface area contributed by atoms with Gasteiger partial charge in [0.15, 0.2) is 11.5 Å². The van der Waals surface area contributed by atoms with E-state index in [0.29, 0.717) is 35.5 Å². The van der Waals surface area contributed by atoms with Gasteiger partial charge in [0.25, 0.3) is 0 Å². The molecule has 0 aliphatic carbocycles. The zero-order chi connectivity index (χ0) is 22.6. The largest absolute Gasteiger partial charge is 0.490 e. The molecule has 3 rings (SSSR count). The highest BCUT2D eigenvalue weighted by Crippen LogP contribution is 2.29. The minimum absolute atomic E-state index is 0.159. The van der Waals surface area contributed by atoms with Crippen molar-refractivity contribution >= 4 is 35.5 Å². The molecule has 0 aromatic heterocycles. The third kappa shape index (κ3) is 7.94. The first-order chi connectivity index (χ1) is 15.6. The lowest BCUT2D eigenvalue weighted by Gasteiger charge is -2.12. The first-order valence-corrected chi connectivity index (χ1v) is 11.7. The number of hydrazone groups is 1. The smallest absolute Gasteiger partial charge is 0.250 e. The molecule has 0 saturated heterocycles. The molecular weight excluding hydrogens is 444 g/mol. The van der Waals surface area contributed by atoms with Gasteiger partial charge >= 0.3 is 0 Å². The molecule has 1 N–H and O–H groups in total. The number of hydrogen-bond donors (Lipinski definition) is 1. The Morgan fingerprint density at radius 3 is 2.53 bits per heavy atom. The lowest BCUT2D eigenvalue weighted by molar-refractivity contribution is -0.118. The summed E-state index contributed by atoms with van der Waals surface area (Å²) in [6.07, 6.45) is 1.59. The number of carbonyl (C=O) groups excluding carboxylic acids is 1. The van der Waals surface area contributed by atoms with E-state index in [1.165, 1.54) is 11.8 Å². The van der Waals surface area contributed by atoms with E-state index < -0.39 is 0 Å². The van der Waals surface area contributed by atoms with E-state index in [2.05, 4.69) is 10.5 Å². The van der Waals surface area contributed by atoms with E-state index in [4.69, 9.17) is 21.1 Å². The summed E-state index contributed by atoms with van der Waals surface area (Å²) in [4.78, 5) is 12.0. The van der Waals surface area contributed by atoms with Crippen molar-refractivity contribution in [2.45, 2.75) is 19.3 Å². The second-order valence-electron chi connectivity index (χ2n) is 6.83. The predicted octanol–water partition coefficient (Wildman–Crippen LogP) is 5.70. The summed E-state index contributed by atoms with van der Waals surface area (Å²) in [5.74, 6) is 2.19. The maximum atomic E-state index is 12.0. The van der Waals surface area contributed by atoms with Crippen LogP contribution in [0.2, 0.25) is 5.02 Å². The molecular formula is C25H25ClN2O3S. The Balaban J connectivity index is 1.49. The highest BCUT2D eigenvalue weighted by atomic mass is 35.5. The molecule has 0 aliphatic rings. The Bertz CT molecular complexity index is 1030. The molecule has 166 valence electrons. The number of nitrogens with one attached hydrogen (secondary N) is 1. The molecule has 0 aliphatic heterocycles. The quantitative estimate of drug-likeness (QED) is 0.289. The summed E-state index contributed by atoms with van der Waals surface area (Å²) in [6.45, 7) is 2.89. The minimum atomic E-state index is -0.159. The van der Waals surface area contributed by atoms with Crippen LogP contribution in [0.5, 0.6) is 11.5 Å². The second kappa shape index (κ2) is 12.8. The van der Waals surface area contributed by atoms with E-state index in [9.17, 15) is 4.79 Å². The molecule has 0 unspecified atom stereocenters. The van der Waals surface area contributed by atoms with Crippen molar-refractivity contribution in [2.75, 3.05) is 12.4 Å². The number of nitrogens with zero attached hydrogens (tertiary/aromatic N) is 1. The molecule has 0 radical (unpaired) electrons. The fraction of sp³-hybridized carbons (Fsp3) is 0.200. The van der Waals surface area contributed by atoms with E-state index in [1.807, 2.05) is 79.7 Å². The van der Waals surface area contributed by atoms with Crippen molar-refractivity contribution < 1.29 is 14.3 Å². The molecule has 0 heterocycles. The molecule has 5 nitrogen and oxygen atoms in total. The second-order valence-corrected chi connectivity index (χ2v) is 8.25. The third-order valence-corrected chi connectivity index (χ3v) is 5.58. The number of rotatable bonds is 11. The average molecular weight is 469 g/mol. The van der Waals surface area contributed by atoms with Crippen LogP contribution >= 0.6 is 23.4 Å². The van der Waals surface area contributed by atoms with Crippen molar-refractivity contribution in [1.82, 2.24) is 5.43 Å². The Morgan fingerprint density at radius 2 is 1.78 bits per heavy atom. The van der Waals surface area contributed by atoms with Gasteiger partial charge < -0.3 is 9.47 Å². The zero-order valence-corrected chi connectivity index (χ0v) is 19.4. The van der Waals surface area contributed by atoms with E-state index >= 15 is 0 Å². The first kappa shape index (κ1) is 23.7. The molecule has 7 heteroatoms. The van der Waals surface area contributed by atoms with Crippen LogP contribution in [0.15, 0.2) is 77.9 Å².